The molecule has 1 saturated carbocycles. The van der Waals surface area contributed by atoms with E-state index < -0.39 is 11.6 Å². The van der Waals surface area contributed by atoms with Crippen molar-refractivity contribution in [3.63, 3.8) is 0 Å². The van der Waals surface area contributed by atoms with E-state index in [9.17, 15) is 14.7 Å². The Labute approximate surface area is 237 Å². The van der Waals surface area contributed by atoms with Crippen LogP contribution in [-0.2, 0) is 4.79 Å². The summed E-state index contributed by atoms with van der Waals surface area (Å²) in [5, 5.41) is 13.4. The van der Waals surface area contributed by atoms with Crippen LogP contribution in [-0.4, -0.2) is 46.3 Å². The average molecular weight is 540 g/mol. The van der Waals surface area contributed by atoms with Gasteiger partial charge in [-0.2, -0.15) is 0 Å². The Hall–Kier alpha value is -2.21. The number of hydrogen-bond donors (Lipinski definition) is 2. The molecule has 1 aliphatic heterocycles. The van der Waals surface area contributed by atoms with Gasteiger partial charge in [0.15, 0.2) is 12.1 Å². The Morgan fingerprint density at radius 3 is 2.21 bits per heavy atom. The van der Waals surface area contributed by atoms with Gasteiger partial charge in [-0.15, -0.1) is 0 Å². The van der Waals surface area contributed by atoms with Crippen molar-refractivity contribution in [2.45, 2.75) is 125 Å². The molecule has 3 rings (SSSR count). The van der Waals surface area contributed by atoms with Crippen LogP contribution in [0.15, 0.2) is 29.3 Å². The van der Waals surface area contributed by atoms with E-state index in [2.05, 4.69) is 65.6 Å². The van der Waals surface area contributed by atoms with Gasteiger partial charge >= 0.3 is 5.97 Å². The molecule has 0 bridgehead atoms. The number of carboxylic acids is 1. The van der Waals surface area contributed by atoms with Gasteiger partial charge in [0, 0.05) is 18.6 Å². The van der Waals surface area contributed by atoms with Crippen LogP contribution in [0.1, 0.15) is 129 Å². The number of aromatic carboxylic acids is 1. The molecular formula is C33H53N3O3. The average Bonchev–Trinajstić information content (AvgIpc) is 2.85. The minimum absolute atomic E-state index is 0.00807. The third-order valence-corrected chi connectivity index (χ3v) is 9.09. The van der Waals surface area contributed by atoms with Gasteiger partial charge in [-0.25, -0.2) is 9.79 Å². The van der Waals surface area contributed by atoms with Crippen LogP contribution in [0.5, 0.6) is 0 Å². The summed E-state index contributed by atoms with van der Waals surface area (Å²) < 4.78 is 0. The summed E-state index contributed by atoms with van der Waals surface area (Å²) in [6, 6.07) is 7.58. The fourth-order valence-corrected chi connectivity index (χ4v) is 6.46. The summed E-state index contributed by atoms with van der Waals surface area (Å²) in [7, 11) is 0. The monoisotopic (exact) mass is 539 g/mol. The van der Waals surface area contributed by atoms with E-state index >= 15 is 0 Å². The first kappa shape index (κ1) is 31.3. The quantitative estimate of drug-likeness (QED) is 0.203. The lowest BCUT2D eigenvalue weighted by Gasteiger charge is -2.45. The predicted octanol–water partition coefficient (Wildman–Crippen LogP) is 7.49. The van der Waals surface area contributed by atoms with Crippen molar-refractivity contribution in [3.8, 4) is 0 Å². The highest BCUT2D eigenvalue weighted by molar-refractivity contribution is 6.27. The number of amidine groups is 1. The first-order valence-electron chi connectivity index (χ1n) is 15.0. The van der Waals surface area contributed by atoms with Crippen molar-refractivity contribution in [2.75, 3.05) is 6.54 Å². The summed E-state index contributed by atoms with van der Waals surface area (Å²) in [5.41, 5.74) is 1.23. The number of aldehydes is 1. The maximum absolute atomic E-state index is 12.5. The highest BCUT2D eigenvalue weighted by atomic mass is 16.4. The molecule has 1 aliphatic carbocycles. The number of rotatable bonds is 8. The van der Waals surface area contributed by atoms with Gasteiger partial charge in [-0.05, 0) is 98.7 Å². The van der Waals surface area contributed by atoms with E-state index in [-0.39, 0.29) is 16.9 Å². The molecule has 6 heteroatoms. The minimum Gasteiger partial charge on any atom is -0.478 e. The second kappa shape index (κ2) is 12.5. The first-order chi connectivity index (χ1) is 18.1. The van der Waals surface area contributed by atoms with Crippen LogP contribution in [0.25, 0.3) is 0 Å². The molecule has 0 aromatic heterocycles. The number of likely N-dealkylation sites (tertiary alicyclic amines) is 1. The van der Waals surface area contributed by atoms with Gasteiger partial charge in [0.25, 0.3) is 0 Å². The van der Waals surface area contributed by atoms with Crippen molar-refractivity contribution in [1.82, 2.24) is 10.2 Å². The molecule has 2 N–H and O–H groups in total. The van der Waals surface area contributed by atoms with E-state index in [1.807, 2.05) is 12.1 Å². The molecule has 3 atom stereocenters. The number of piperidine rings is 1. The molecule has 2 aliphatic rings. The summed E-state index contributed by atoms with van der Waals surface area (Å²) in [6.07, 6.45) is 8.91. The van der Waals surface area contributed by atoms with Crippen molar-refractivity contribution < 1.29 is 14.7 Å². The zero-order valence-corrected chi connectivity index (χ0v) is 25.7. The van der Waals surface area contributed by atoms with Crippen molar-refractivity contribution in [3.05, 3.63) is 35.4 Å². The van der Waals surface area contributed by atoms with E-state index in [4.69, 9.17) is 4.99 Å². The van der Waals surface area contributed by atoms with Gasteiger partial charge in [0.2, 0.25) is 0 Å². The molecule has 3 unspecified atom stereocenters. The summed E-state index contributed by atoms with van der Waals surface area (Å²) in [5.74, 6) is 0.934. The van der Waals surface area contributed by atoms with Gasteiger partial charge in [0.1, 0.15) is 5.66 Å². The lowest BCUT2D eigenvalue weighted by molar-refractivity contribution is -0.103. The van der Waals surface area contributed by atoms with Crippen molar-refractivity contribution in [2.24, 2.45) is 27.7 Å². The Morgan fingerprint density at radius 2 is 1.72 bits per heavy atom. The van der Waals surface area contributed by atoms with Crippen LogP contribution in [0.2, 0.25) is 0 Å². The van der Waals surface area contributed by atoms with Gasteiger partial charge in [-0.1, -0.05) is 60.6 Å². The van der Waals surface area contributed by atoms with E-state index in [1.54, 1.807) is 12.1 Å². The molecule has 39 heavy (non-hydrogen) atoms. The third kappa shape index (κ3) is 8.64. The zero-order chi connectivity index (χ0) is 29.0. The molecule has 0 spiro atoms. The lowest BCUT2D eigenvalue weighted by atomic mass is 9.69. The molecular weight excluding hydrogens is 486 g/mol. The van der Waals surface area contributed by atoms with Crippen LogP contribution in [0.4, 0.5) is 0 Å². The van der Waals surface area contributed by atoms with Crippen LogP contribution < -0.4 is 5.32 Å². The number of benzene rings is 1. The Morgan fingerprint density at radius 1 is 1.10 bits per heavy atom. The number of nitrogens with zero attached hydrogens (tertiary/aromatic N) is 2. The largest absolute Gasteiger partial charge is 0.478 e. The molecule has 1 aromatic carbocycles. The maximum atomic E-state index is 12.5. The maximum Gasteiger partial charge on any atom is 0.335 e. The Kier molecular flexibility index (Phi) is 10.1. The normalized spacial score (nSPS) is 27.7. The number of nitrogens with one attached hydrogen (secondary N) is 1. The SMILES string of the molecule is CC1CCN(C(C=O)=NC2(NC(CCC(C)(C)C)c3ccc(C(=O)O)cc3)CCC(C(C)(C)C)CC2)C(C)C1. The fourth-order valence-electron chi connectivity index (χ4n) is 6.46. The molecule has 218 valence electrons. The molecule has 1 heterocycles. The van der Waals surface area contributed by atoms with Gasteiger partial charge in [0.05, 0.1) is 5.56 Å². The van der Waals surface area contributed by atoms with E-state index in [0.29, 0.717) is 29.3 Å². The first-order valence-corrected chi connectivity index (χ1v) is 15.0. The van der Waals surface area contributed by atoms with E-state index in [0.717, 1.165) is 69.8 Å². The smallest absolute Gasteiger partial charge is 0.335 e. The highest BCUT2D eigenvalue weighted by Gasteiger charge is 2.41. The van der Waals surface area contributed by atoms with Gasteiger partial charge in [-0.3, -0.25) is 10.1 Å². The molecule has 0 amide bonds. The number of aliphatic imine (C=N–C) groups is 1. The van der Waals surface area contributed by atoms with Gasteiger partial charge < -0.3 is 10.0 Å². The summed E-state index contributed by atoms with van der Waals surface area (Å²) >= 11 is 0. The highest BCUT2D eigenvalue weighted by Crippen LogP contribution is 2.44. The standard InChI is InChI=1S/C33H53N3O3/c1-23-16-20-36(24(2)21-23)29(22-37)35-33(18-13-27(14-19-33)32(6,7)8)34-28(15-17-31(3,4)5)25-9-11-26(12-10-25)30(38)39/h9-12,22-24,27-28,34H,13-21H2,1-8H3,(H,38,39). The number of hydrogen-bond acceptors (Lipinski definition) is 4. The number of carbonyl (C=O) groups is 2. The molecule has 2 fully saturated rings. The minimum atomic E-state index is -0.914. The molecule has 0 radical (unpaired) electrons. The summed E-state index contributed by atoms with van der Waals surface area (Å²) in [4.78, 5) is 31.6. The second-order valence-corrected chi connectivity index (χ2v) is 14.7. The predicted molar refractivity (Wildman–Crippen MR) is 160 cm³/mol. The fraction of sp³-hybridized carbons (Fsp3) is 0.727. The Bertz CT molecular complexity index is 995. The van der Waals surface area contributed by atoms with Crippen molar-refractivity contribution in [1.29, 1.82) is 0 Å². The van der Waals surface area contributed by atoms with Crippen LogP contribution in [0, 0.1) is 22.7 Å². The second-order valence-electron chi connectivity index (χ2n) is 14.7. The molecule has 1 saturated heterocycles. The molecule has 1 aromatic rings. The lowest BCUT2D eigenvalue weighted by Crippen LogP contribution is -2.52. The number of carboxylic acid groups (broad SMARTS) is 1. The topological polar surface area (TPSA) is 82.0 Å². The van der Waals surface area contributed by atoms with Crippen molar-refractivity contribution >= 4 is 18.1 Å². The summed E-state index contributed by atoms with van der Waals surface area (Å²) in [6.45, 7) is 19.1. The van der Waals surface area contributed by atoms with Crippen LogP contribution in [0.3, 0.4) is 0 Å². The third-order valence-electron chi connectivity index (χ3n) is 9.09. The molecule has 6 nitrogen and oxygen atoms in total. The number of carbonyl (C=O) groups excluding carboxylic acids is 1. The zero-order valence-electron chi connectivity index (χ0n) is 25.7. The van der Waals surface area contributed by atoms with E-state index in [1.165, 1.54) is 0 Å². The van der Waals surface area contributed by atoms with Crippen LogP contribution >= 0.6 is 0 Å². The Balaban J connectivity index is 1.99.